The van der Waals surface area contributed by atoms with Crippen molar-refractivity contribution in [1.82, 2.24) is 20.1 Å². The summed E-state index contributed by atoms with van der Waals surface area (Å²) in [5.41, 5.74) is 7.23. The molecule has 122 valence electrons. The number of hydrogen-bond acceptors (Lipinski definition) is 7. The highest BCUT2D eigenvalue weighted by Crippen LogP contribution is 2.37. The zero-order valence-corrected chi connectivity index (χ0v) is 13.1. The molecule has 2 N–H and O–H groups in total. The van der Waals surface area contributed by atoms with Crippen LogP contribution >= 0.6 is 0 Å². The molecule has 1 aliphatic rings. The summed E-state index contributed by atoms with van der Waals surface area (Å²) in [6.45, 7) is 2.84. The molecule has 1 fully saturated rings. The Balaban J connectivity index is 1.78. The van der Waals surface area contributed by atoms with Crippen LogP contribution in [0.15, 0.2) is 29.0 Å². The van der Waals surface area contributed by atoms with E-state index in [2.05, 4.69) is 25.0 Å². The summed E-state index contributed by atoms with van der Waals surface area (Å²) in [6, 6.07) is 5.91. The zero-order chi connectivity index (χ0) is 16.7. The smallest absolute Gasteiger partial charge is 0.290 e. The lowest BCUT2D eigenvalue weighted by atomic mass is 10.1. The van der Waals surface area contributed by atoms with Crippen LogP contribution in [0.1, 0.15) is 41.0 Å². The predicted octanol–water partition coefficient (Wildman–Crippen LogP) is 1.76. The number of carbonyl (C=O) groups excluding carboxylic acids is 1. The number of nitrogens with zero attached hydrogens (tertiary/aromatic N) is 5. The summed E-state index contributed by atoms with van der Waals surface area (Å²) < 4.78 is 5.25. The summed E-state index contributed by atoms with van der Waals surface area (Å²) in [5, 5.41) is 4.63. The predicted molar refractivity (Wildman–Crippen MR) is 86.4 cm³/mol. The Kier molecular flexibility index (Phi) is 3.37. The summed E-state index contributed by atoms with van der Waals surface area (Å²) in [4.78, 5) is 26.3. The van der Waals surface area contributed by atoms with Gasteiger partial charge in [-0.3, -0.25) is 4.79 Å². The average molecular weight is 324 g/mol. The SMILES string of the molecule is Cc1cccc2c(N3CCCC3c3nc(C(N)=O)no3)ncnc12. The van der Waals surface area contributed by atoms with Crippen LogP contribution in [0.25, 0.3) is 10.9 Å². The number of anilines is 1. The second-order valence-corrected chi connectivity index (χ2v) is 5.84. The molecule has 0 aliphatic carbocycles. The van der Waals surface area contributed by atoms with E-state index in [-0.39, 0.29) is 11.9 Å². The van der Waals surface area contributed by atoms with Gasteiger partial charge < -0.3 is 15.2 Å². The van der Waals surface area contributed by atoms with E-state index in [9.17, 15) is 4.79 Å². The molecule has 1 amide bonds. The summed E-state index contributed by atoms with van der Waals surface area (Å²) in [7, 11) is 0. The van der Waals surface area contributed by atoms with Gasteiger partial charge in [0.15, 0.2) is 0 Å². The Morgan fingerprint density at radius 3 is 3.04 bits per heavy atom. The number of primary amides is 1. The lowest BCUT2D eigenvalue weighted by Gasteiger charge is -2.24. The van der Waals surface area contributed by atoms with Crippen LogP contribution in [0.4, 0.5) is 5.82 Å². The van der Waals surface area contributed by atoms with Gasteiger partial charge in [-0.1, -0.05) is 17.3 Å². The molecular weight excluding hydrogens is 308 g/mol. The zero-order valence-electron chi connectivity index (χ0n) is 13.1. The second-order valence-electron chi connectivity index (χ2n) is 5.84. The van der Waals surface area contributed by atoms with Crippen molar-refractivity contribution in [3.63, 3.8) is 0 Å². The van der Waals surface area contributed by atoms with E-state index in [1.54, 1.807) is 6.33 Å². The van der Waals surface area contributed by atoms with Gasteiger partial charge in [-0.15, -0.1) is 0 Å². The average Bonchev–Trinajstić information content (AvgIpc) is 3.24. The van der Waals surface area contributed by atoms with Crippen molar-refractivity contribution in [2.75, 3.05) is 11.4 Å². The highest BCUT2D eigenvalue weighted by molar-refractivity contribution is 5.91. The molecule has 8 nitrogen and oxygen atoms in total. The third kappa shape index (κ3) is 2.27. The first-order valence-corrected chi connectivity index (χ1v) is 7.75. The van der Waals surface area contributed by atoms with Gasteiger partial charge in [0.2, 0.25) is 5.89 Å². The Morgan fingerprint density at radius 2 is 2.25 bits per heavy atom. The molecule has 8 heteroatoms. The minimum absolute atomic E-state index is 0.0970. The molecule has 1 aromatic carbocycles. The molecule has 1 saturated heterocycles. The van der Waals surface area contributed by atoms with Crippen molar-refractivity contribution in [2.24, 2.45) is 5.73 Å². The molecule has 1 atom stereocenters. The number of amides is 1. The second kappa shape index (κ2) is 5.55. The van der Waals surface area contributed by atoms with Gasteiger partial charge in [-0.25, -0.2) is 9.97 Å². The van der Waals surface area contributed by atoms with E-state index in [1.165, 1.54) is 0 Å². The number of fused-ring (bicyclic) bond motifs is 1. The minimum atomic E-state index is -0.697. The van der Waals surface area contributed by atoms with Crippen molar-refractivity contribution in [3.8, 4) is 0 Å². The fourth-order valence-corrected chi connectivity index (χ4v) is 3.20. The first kappa shape index (κ1) is 14.6. The molecule has 0 radical (unpaired) electrons. The molecule has 1 unspecified atom stereocenters. The van der Waals surface area contributed by atoms with Crippen LogP contribution in [0.5, 0.6) is 0 Å². The van der Waals surface area contributed by atoms with Gasteiger partial charge in [0.05, 0.1) is 5.52 Å². The van der Waals surface area contributed by atoms with Crippen molar-refractivity contribution >= 4 is 22.6 Å². The fraction of sp³-hybridized carbons (Fsp3) is 0.312. The maximum absolute atomic E-state index is 11.2. The Morgan fingerprint density at radius 1 is 1.38 bits per heavy atom. The molecule has 3 heterocycles. The van der Waals surface area contributed by atoms with Gasteiger partial charge in [-0.2, -0.15) is 4.98 Å². The number of para-hydroxylation sites is 1. The molecule has 24 heavy (non-hydrogen) atoms. The third-order valence-corrected chi connectivity index (χ3v) is 4.32. The van der Waals surface area contributed by atoms with E-state index in [1.807, 2.05) is 25.1 Å². The third-order valence-electron chi connectivity index (χ3n) is 4.32. The summed E-state index contributed by atoms with van der Waals surface area (Å²) >= 11 is 0. The Bertz CT molecular complexity index is 922. The first-order chi connectivity index (χ1) is 11.6. The molecular formula is C16H16N6O2. The van der Waals surface area contributed by atoms with Gasteiger partial charge in [0, 0.05) is 11.9 Å². The number of rotatable bonds is 3. The Labute approximate surface area is 137 Å². The first-order valence-electron chi connectivity index (χ1n) is 7.75. The highest BCUT2D eigenvalue weighted by atomic mass is 16.5. The van der Waals surface area contributed by atoms with E-state index in [0.717, 1.165) is 41.7 Å². The topological polar surface area (TPSA) is 111 Å². The molecule has 0 saturated carbocycles. The van der Waals surface area contributed by atoms with Crippen LogP contribution < -0.4 is 10.6 Å². The van der Waals surface area contributed by atoms with Gasteiger partial charge in [-0.05, 0) is 31.4 Å². The van der Waals surface area contributed by atoms with Crippen molar-refractivity contribution < 1.29 is 9.32 Å². The highest BCUT2D eigenvalue weighted by Gasteiger charge is 2.33. The maximum Gasteiger partial charge on any atom is 0.290 e. The van der Waals surface area contributed by atoms with Crippen LogP contribution in [0.3, 0.4) is 0 Å². The van der Waals surface area contributed by atoms with Crippen molar-refractivity contribution in [2.45, 2.75) is 25.8 Å². The largest absolute Gasteiger partial charge is 0.363 e. The van der Waals surface area contributed by atoms with E-state index >= 15 is 0 Å². The summed E-state index contributed by atoms with van der Waals surface area (Å²) in [6.07, 6.45) is 3.39. The quantitative estimate of drug-likeness (QED) is 0.781. The molecule has 0 bridgehead atoms. The number of benzene rings is 1. The lowest BCUT2D eigenvalue weighted by Crippen LogP contribution is -2.24. The van der Waals surface area contributed by atoms with Gasteiger partial charge in [0.1, 0.15) is 18.2 Å². The van der Waals surface area contributed by atoms with Crippen molar-refractivity contribution in [3.05, 3.63) is 41.8 Å². The molecule has 0 spiro atoms. The van der Waals surface area contributed by atoms with E-state index in [4.69, 9.17) is 10.3 Å². The maximum atomic E-state index is 11.2. The number of hydrogen-bond donors (Lipinski definition) is 1. The normalized spacial score (nSPS) is 17.5. The number of carbonyl (C=O) groups is 1. The van der Waals surface area contributed by atoms with Gasteiger partial charge >= 0.3 is 0 Å². The number of nitrogens with two attached hydrogens (primary N) is 1. The molecule has 3 aromatic rings. The minimum Gasteiger partial charge on any atom is -0.363 e. The number of aryl methyl sites for hydroxylation is 1. The number of aromatic nitrogens is 4. The van der Waals surface area contributed by atoms with Crippen LogP contribution in [0.2, 0.25) is 0 Å². The van der Waals surface area contributed by atoms with E-state index in [0.29, 0.717) is 5.89 Å². The molecule has 1 aliphatic heterocycles. The van der Waals surface area contributed by atoms with Crippen LogP contribution in [0, 0.1) is 6.92 Å². The Hall–Kier alpha value is -3.03. The van der Waals surface area contributed by atoms with E-state index < -0.39 is 5.91 Å². The molecule has 4 rings (SSSR count). The van der Waals surface area contributed by atoms with Crippen LogP contribution in [-0.2, 0) is 0 Å². The monoisotopic (exact) mass is 324 g/mol. The molecule has 2 aromatic heterocycles. The van der Waals surface area contributed by atoms with Crippen LogP contribution in [-0.4, -0.2) is 32.6 Å². The standard InChI is InChI=1S/C16H16N6O2/c1-9-4-2-5-10-12(9)18-8-19-15(10)22-7-3-6-11(22)16-20-14(13(17)23)21-24-16/h2,4-5,8,11H,3,6-7H2,1H3,(H2,17,23). The fourth-order valence-electron chi connectivity index (χ4n) is 3.20. The summed E-state index contributed by atoms with van der Waals surface area (Å²) in [5.74, 6) is 0.434. The lowest BCUT2D eigenvalue weighted by molar-refractivity contribution is 0.0987. The van der Waals surface area contributed by atoms with Crippen molar-refractivity contribution in [1.29, 1.82) is 0 Å². The van der Waals surface area contributed by atoms with Gasteiger partial charge in [0.25, 0.3) is 11.7 Å².